The van der Waals surface area contributed by atoms with Gasteiger partial charge in [-0.1, -0.05) is 13.8 Å². The molecule has 0 bridgehead atoms. The molecule has 0 atom stereocenters. The summed E-state index contributed by atoms with van der Waals surface area (Å²) in [6.45, 7) is 12.6. The molecule has 0 aliphatic carbocycles. The maximum Gasteiger partial charge on any atom is 0.155 e. The Labute approximate surface area is 175 Å². The summed E-state index contributed by atoms with van der Waals surface area (Å²) in [6.07, 6.45) is 3.39. The predicted octanol–water partition coefficient (Wildman–Crippen LogP) is 3.08. The summed E-state index contributed by atoms with van der Waals surface area (Å²) in [5.74, 6) is -0.0602. The summed E-state index contributed by atoms with van der Waals surface area (Å²) in [6, 6.07) is 0. The maximum absolute atomic E-state index is 10.0. The number of allylic oxidation sites excluding steroid dienone is 4. The minimum absolute atomic E-state index is 0. The summed E-state index contributed by atoms with van der Waals surface area (Å²) in [4.78, 5) is 40.0. The van der Waals surface area contributed by atoms with E-state index in [1.165, 1.54) is 53.7 Å². The predicted molar refractivity (Wildman–Crippen MR) is 102 cm³/mol. The van der Waals surface area contributed by atoms with Crippen LogP contribution in [0.2, 0.25) is 0 Å². The van der Waals surface area contributed by atoms with E-state index in [9.17, 15) is 19.2 Å². The van der Waals surface area contributed by atoms with Gasteiger partial charge >= 0.3 is 0 Å². The smallest absolute Gasteiger partial charge is 0.155 e. The third kappa shape index (κ3) is 80.0. The van der Waals surface area contributed by atoms with Gasteiger partial charge in [0.1, 0.15) is 0 Å². The molecule has 0 spiro atoms. The van der Waals surface area contributed by atoms with Crippen molar-refractivity contribution < 1.29 is 54.6 Å². The average Bonchev–Trinajstić information content (AvgIpc) is 2.35. The largest absolute Gasteiger partial charge is 0.512 e. The van der Waals surface area contributed by atoms with Crippen LogP contribution in [0, 0.1) is 12.3 Å². The van der Waals surface area contributed by atoms with Crippen molar-refractivity contribution in [1.82, 2.24) is 0 Å². The van der Waals surface area contributed by atoms with E-state index in [1.807, 2.05) is 13.8 Å². The number of carbonyl (C=O) groups excluding carboxylic acids is 4. The molecule has 3 N–H and O–H groups in total. The van der Waals surface area contributed by atoms with Crippen molar-refractivity contribution in [2.75, 3.05) is 6.61 Å². The normalized spacial score (nSPS) is 9.70. The van der Waals surface area contributed by atoms with Gasteiger partial charge in [-0.2, -0.15) is 0 Å². The molecule has 0 heterocycles. The molecule has 0 aromatic heterocycles. The number of rotatable bonds is 5. The Morgan fingerprint density at radius 1 is 0.778 bits per heavy atom. The number of ketones is 4. The first-order valence-corrected chi connectivity index (χ1v) is 7.87. The molecule has 0 saturated carbocycles. The first-order chi connectivity index (χ1) is 11.6. The summed E-state index contributed by atoms with van der Waals surface area (Å²) < 4.78 is 0. The molecule has 0 unspecified atom stereocenters. The fourth-order valence-corrected chi connectivity index (χ4v) is 0.875. The van der Waals surface area contributed by atoms with Gasteiger partial charge < -0.3 is 24.9 Å². The van der Waals surface area contributed by atoms with Gasteiger partial charge in [0, 0.05) is 50.4 Å². The Morgan fingerprint density at radius 2 is 1.00 bits per heavy atom. The van der Waals surface area contributed by atoms with Crippen molar-refractivity contribution in [3.63, 3.8) is 0 Å². The van der Waals surface area contributed by atoms with E-state index in [1.54, 1.807) is 0 Å². The standard InChI is InChI=1S/2C5H8O2.C5H7O2.C4H10O.Ir/c3*1-4(6)3-5(2)7;1-4(2)3-5;/h2*3,6H,1-2H3;3H,1-2H3;4-5H,3H2,1-2H3;/q;;-1;;/b2*4-3-;;;. The number of aliphatic hydroxyl groups excluding tert-OH is 3. The number of Topliss-reactive ketones (excluding diaryl/α,β-unsaturated/α-hetero) is 2. The first-order valence-electron chi connectivity index (χ1n) is 7.87. The molecule has 0 aromatic carbocycles. The quantitative estimate of drug-likeness (QED) is 0.202. The van der Waals surface area contributed by atoms with Crippen LogP contribution >= 0.6 is 0 Å². The molecule has 0 fully saturated rings. The summed E-state index contributed by atoms with van der Waals surface area (Å²) in [5, 5.41) is 24.9. The molecule has 0 aromatic rings. The Hall–Kier alpha value is -1.76. The Balaban J connectivity index is -0.0000000793. The zero-order valence-corrected chi connectivity index (χ0v) is 19.7. The Bertz CT molecular complexity index is 444. The summed E-state index contributed by atoms with van der Waals surface area (Å²) >= 11 is 0. The minimum Gasteiger partial charge on any atom is -0.512 e. The third-order valence-electron chi connectivity index (χ3n) is 1.60. The second-order valence-electron chi connectivity index (χ2n) is 5.73. The van der Waals surface area contributed by atoms with Gasteiger partial charge in [-0.15, -0.1) is 0 Å². The number of hydrogen-bond acceptors (Lipinski definition) is 7. The van der Waals surface area contributed by atoms with Crippen LogP contribution in [0.3, 0.4) is 0 Å². The molecular weight excluding hydrogens is 532 g/mol. The monoisotopic (exact) mass is 566 g/mol. The number of carbonyl (C=O) groups is 4. The van der Waals surface area contributed by atoms with E-state index in [0.717, 1.165) is 6.42 Å². The zero-order valence-electron chi connectivity index (χ0n) is 17.3. The molecule has 161 valence electrons. The molecule has 0 aliphatic rings. The van der Waals surface area contributed by atoms with Crippen LogP contribution in [0.4, 0.5) is 0 Å². The minimum atomic E-state index is -0.187. The van der Waals surface area contributed by atoms with Crippen LogP contribution in [-0.4, -0.2) is 45.1 Å². The summed E-state index contributed by atoms with van der Waals surface area (Å²) in [7, 11) is 0. The molecule has 0 saturated heterocycles. The van der Waals surface area contributed by atoms with E-state index < -0.39 is 0 Å². The topological polar surface area (TPSA) is 129 Å². The molecule has 0 amide bonds. The van der Waals surface area contributed by atoms with Crippen molar-refractivity contribution in [2.45, 2.75) is 55.4 Å². The van der Waals surface area contributed by atoms with Gasteiger partial charge in [-0.05, 0) is 47.5 Å². The number of aliphatic hydroxyl groups is 3. The van der Waals surface area contributed by atoms with Crippen LogP contribution in [0.5, 0.6) is 0 Å². The van der Waals surface area contributed by atoms with Crippen molar-refractivity contribution >= 4 is 23.1 Å². The Morgan fingerprint density at radius 3 is 1.00 bits per heavy atom. The second-order valence-corrected chi connectivity index (χ2v) is 5.73. The number of hydrogen-bond donors (Lipinski definition) is 3. The van der Waals surface area contributed by atoms with Crippen LogP contribution in [0.25, 0.3) is 0 Å². The van der Waals surface area contributed by atoms with Gasteiger partial charge in [0.2, 0.25) is 0 Å². The van der Waals surface area contributed by atoms with Crippen LogP contribution in [-0.2, 0) is 39.3 Å². The summed E-state index contributed by atoms with van der Waals surface area (Å²) in [5.41, 5.74) is 0. The van der Waals surface area contributed by atoms with E-state index in [0.29, 0.717) is 12.5 Å². The van der Waals surface area contributed by atoms with Crippen LogP contribution < -0.4 is 0 Å². The van der Waals surface area contributed by atoms with E-state index >= 15 is 0 Å². The average molecular weight is 566 g/mol. The van der Waals surface area contributed by atoms with E-state index in [4.69, 9.17) is 15.3 Å². The van der Waals surface area contributed by atoms with E-state index in [2.05, 4.69) is 0 Å². The molecule has 1 radical (unpaired) electrons. The van der Waals surface area contributed by atoms with Gasteiger partial charge in [-0.3, -0.25) is 16.0 Å². The van der Waals surface area contributed by atoms with Crippen LogP contribution in [0.1, 0.15) is 55.4 Å². The molecular formula is C19H33IrO7-. The molecule has 0 aliphatic heterocycles. The van der Waals surface area contributed by atoms with Crippen molar-refractivity contribution in [3.8, 4) is 0 Å². The van der Waals surface area contributed by atoms with E-state index in [-0.39, 0.29) is 54.8 Å². The van der Waals surface area contributed by atoms with Gasteiger partial charge in [0.15, 0.2) is 11.6 Å². The van der Waals surface area contributed by atoms with Crippen molar-refractivity contribution in [3.05, 3.63) is 30.1 Å². The van der Waals surface area contributed by atoms with Gasteiger partial charge in [-0.25, -0.2) is 0 Å². The zero-order chi connectivity index (χ0) is 21.9. The first kappa shape index (κ1) is 36.2. The van der Waals surface area contributed by atoms with Crippen molar-refractivity contribution in [1.29, 1.82) is 0 Å². The maximum atomic E-state index is 10.0. The molecule has 8 heteroatoms. The Kier molecular flexibility index (Phi) is 32.5. The molecule has 7 nitrogen and oxygen atoms in total. The van der Waals surface area contributed by atoms with Crippen LogP contribution in [0.15, 0.2) is 23.7 Å². The second kappa shape index (κ2) is 24.2. The SMILES string of the molecule is CC(=O)/C=C(/C)O.CC(=O)/C=C(/C)O.CC(=O)[CH-]C(C)=O.CC(C)CO.[Ir]. The van der Waals surface area contributed by atoms with Gasteiger partial charge in [0.25, 0.3) is 0 Å². The third-order valence-corrected chi connectivity index (χ3v) is 1.60. The fourth-order valence-electron chi connectivity index (χ4n) is 0.875. The van der Waals surface area contributed by atoms with Crippen molar-refractivity contribution in [2.24, 2.45) is 5.92 Å². The molecule has 27 heavy (non-hydrogen) atoms. The molecule has 0 rings (SSSR count). The fraction of sp³-hybridized carbons (Fsp3) is 0.526. The van der Waals surface area contributed by atoms with Gasteiger partial charge in [0.05, 0.1) is 11.5 Å².